The van der Waals surface area contributed by atoms with E-state index in [2.05, 4.69) is 9.97 Å². The van der Waals surface area contributed by atoms with Crippen molar-refractivity contribution in [3.05, 3.63) is 40.7 Å². The first-order chi connectivity index (χ1) is 8.78. The SMILES string of the molecule is COc1cccc(-c2nc(Cl)c3c(n2)CCC3)c1. The van der Waals surface area contributed by atoms with E-state index in [-0.39, 0.29) is 0 Å². The molecule has 0 N–H and O–H groups in total. The number of rotatable bonds is 2. The van der Waals surface area contributed by atoms with E-state index >= 15 is 0 Å². The van der Waals surface area contributed by atoms with Gasteiger partial charge in [0.05, 0.1) is 7.11 Å². The third-order valence-corrected chi connectivity index (χ3v) is 3.52. The van der Waals surface area contributed by atoms with Crippen LogP contribution in [-0.4, -0.2) is 17.1 Å². The van der Waals surface area contributed by atoms with Gasteiger partial charge in [-0.05, 0) is 31.4 Å². The average molecular weight is 261 g/mol. The Balaban J connectivity index is 2.09. The summed E-state index contributed by atoms with van der Waals surface area (Å²) in [5.41, 5.74) is 3.14. The number of methoxy groups -OCH3 is 1. The third-order valence-electron chi connectivity index (χ3n) is 3.21. The van der Waals surface area contributed by atoms with Crippen LogP contribution in [-0.2, 0) is 12.8 Å². The fourth-order valence-corrected chi connectivity index (χ4v) is 2.56. The van der Waals surface area contributed by atoms with Crippen LogP contribution in [0.3, 0.4) is 0 Å². The van der Waals surface area contributed by atoms with Crippen LogP contribution in [0.1, 0.15) is 17.7 Å². The minimum Gasteiger partial charge on any atom is -0.497 e. The van der Waals surface area contributed by atoms with Crippen molar-refractivity contribution in [1.29, 1.82) is 0 Å². The predicted octanol–water partition coefficient (Wildman–Crippen LogP) is 3.29. The van der Waals surface area contributed by atoms with Gasteiger partial charge in [0.1, 0.15) is 10.9 Å². The number of hydrogen-bond donors (Lipinski definition) is 0. The van der Waals surface area contributed by atoms with Crippen LogP contribution in [0.5, 0.6) is 5.75 Å². The summed E-state index contributed by atoms with van der Waals surface area (Å²) >= 11 is 6.22. The molecule has 0 atom stereocenters. The molecule has 92 valence electrons. The number of hydrogen-bond acceptors (Lipinski definition) is 3. The van der Waals surface area contributed by atoms with E-state index in [1.165, 1.54) is 0 Å². The highest BCUT2D eigenvalue weighted by Gasteiger charge is 2.18. The van der Waals surface area contributed by atoms with Gasteiger partial charge in [-0.3, -0.25) is 0 Å². The van der Waals surface area contributed by atoms with Crippen LogP contribution >= 0.6 is 11.6 Å². The second kappa shape index (κ2) is 4.58. The molecule has 0 amide bonds. The molecule has 3 rings (SSSR count). The van der Waals surface area contributed by atoms with Crippen molar-refractivity contribution in [2.75, 3.05) is 7.11 Å². The molecular weight excluding hydrogens is 248 g/mol. The van der Waals surface area contributed by atoms with Crippen LogP contribution in [0.2, 0.25) is 5.15 Å². The number of nitrogens with zero attached hydrogens (tertiary/aromatic N) is 2. The first-order valence-corrected chi connectivity index (χ1v) is 6.35. The highest BCUT2D eigenvalue weighted by Crippen LogP contribution is 2.29. The van der Waals surface area contributed by atoms with Gasteiger partial charge in [0, 0.05) is 16.8 Å². The standard InChI is InChI=1S/C14H13ClN2O/c1-18-10-5-2-4-9(8-10)14-16-12-7-3-6-11(12)13(15)17-14/h2,4-5,8H,3,6-7H2,1H3. The maximum atomic E-state index is 6.22. The van der Waals surface area contributed by atoms with E-state index in [9.17, 15) is 0 Å². The monoisotopic (exact) mass is 260 g/mol. The van der Waals surface area contributed by atoms with Crippen molar-refractivity contribution in [3.8, 4) is 17.1 Å². The van der Waals surface area contributed by atoms with Crippen LogP contribution in [0, 0.1) is 0 Å². The van der Waals surface area contributed by atoms with E-state index < -0.39 is 0 Å². The topological polar surface area (TPSA) is 35.0 Å². The van der Waals surface area contributed by atoms with Crippen molar-refractivity contribution < 1.29 is 4.74 Å². The van der Waals surface area contributed by atoms with Crippen molar-refractivity contribution in [2.24, 2.45) is 0 Å². The summed E-state index contributed by atoms with van der Waals surface area (Å²) in [4.78, 5) is 9.00. The molecule has 2 aromatic rings. The number of benzene rings is 1. The molecule has 0 aliphatic heterocycles. The summed E-state index contributed by atoms with van der Waals surface area (Å²) in [6.07, 6.45) is 3.10. The Bertz CT molecular complexity index is 598. The van der Waals surface area contributed by atoms with Gasteiger partial charge in [0.2, 0.25) is 0 Å². The van der Waals surface area contributed by atoms with E-state index in [0.29, 0.717) is 11.0 Å². The smallest absolute Gasteiger partial charge is 0.161 e. The van der Waals surface area contributed by atoms with Gasteiger partial charge in [-0.2, -0.15) is 0 Å². The molecule has 1 heterocycles. The maximum Gasteiger partial charge on any atom is 0.161 e. The molecule has 0 bridgehead atoms. The molecule has 1 aliphatic rings. The average Bonchev–Trinajstić information content (AvgIpc) is 2.87. The lowest BCUT2D eigenvalue weighted by Gasteiger charge is -2.07. The third kappa shape index (κ3) is 1.95. The highest BCUT2D eigenvalue weighted by molar-refractivity contribution is 6.30. The van der Waals surface area contributed by atoms with Crippen molar-refractivity contribution >= 4 is 11.6 Å². The summed E-state index contributed by atoms with van der Waals surface area (Å²) in [7, 11) is 1.65. The fourth-order valence-electron chi connectivity index (χ4n) is 2.28. The van der Waals surface area contributed by atoms with Gasteiger partial charge in [-0.25, -0.2) is 9.97 Å². The van der Waals surface area contributed by atoms with Gasteiger partial charge in [-0.1, -0.05) is 23.7 Å². The molecule has 4 heteroatoms. The minimum atomic E-state index is 0.593. The van der Waals surface area contributed by atoms with E-state index in [1.807, 2.05) is 24.3 Å². The zero-order valence-electron chi connectivity index (χ0n) is 10.1. The number of halogens is 1. The van der Waals surface area contributed by atoms with Crippen LogP contribution < -0.4 is 4.74 Å². The molecule has 0 spiro atoms. The minimum absolute atomic E-state index is 0.593. The molecular formula is C14H13ClN2O. The van der Waals surface area contributed by atoms with Gasteiger partial charge < -0.3 is 4.74 Å². The quantitative estimate of drug-likeness (QED) is 0.777. The maximum absolute atomic E-state index is 6.22. The zero-order chi connectivity index (χ0) is 12.5. The van der Waals surface area contributed by atoms with Gasteiger partial charge in [-0.15, -0.1) is 0 Å². The Morgan fingerprint density at radius 1 is 1.22 bits per heavy atom. The molecule has 18 heavy (non-hydrogen) atoms. The normalized spacial score (nSPS) is 13.4. The first-order valence-electron chi connectivity index (χ1n) is 5.97. The molecule has 1 aromatic heterocycles. The Morgan fingerprint density at radius 2 is 2.11 bits per heavy atom. The molecule has 0 saturated heterocycles. The number of aromatic nitrogens is 2. The van der Waals surface area contributed by atoms with Crippen LogP contribution in [0.4, 0.5) is 0 Å². The van der Waals surface area contributed by atoms with Crippen molar-refractivity contribution in [2.45, 2.75) is 19.3 Å². The Labute approximate surface area is 111 Å². The molecule has 1 aliphatic carbocycles. The van der Waals surface area contributed by atoms with Crippen molar-refractivity contribution in [1.82, 2.24) is 9.97 Å². The van der Waals surface area contributed by atoms with Gasteiger partial charge in [0.15, 0.2) is 5.82 Å². The molecule has 1 aromatic carbocycles. The number of ether oxygens (including phenoxy) is 1. The fraction of sp³-hybridized carbons (Fsp3) is 0.286. The van der Waals surface area contributed by atoms with E-state index in [0.717, 1.165) is 41.8 Å². The molecule has 0 unspecified atom stereocenters. The summed E-state index contributed by atoms with van der Waals surface area (Å²) in [5, 5.41) is 0.593. The summed E-state index contributed by atoms with van der Waals surface area (Å²) in [6, 6.07) is 7.72. The first kappa shape index (κ1) is 11.5. The second-order valence-corrected chi connectivity index (χ2v) is 4.71. The Kier molecular flexibility index (Phi) is 2.92. The molecule has 0 fully saturated rings. The molecule has 0 saturated carbocycles. The van der Waals surface area contributed by atoms with Crippen LogP contribution in [0.15, 0.2) is 24.3 Å². The van der Waals surface area contributed by atoms with Crippen LogP contribution in [0.25, 0.3) is 11.4 Å². The Morgan fingerprint density at radius 3 is 2.94 bits per heavy atom. The number of fused-ring (bicyclic) bond motifs is 1. The largest absolute Gasteiger partial charge is 0.497 e. The molecule has 3 nitrogen and oxygen atoms in total. The summed E-state index contributed by atoms with van der Waals surface area (Å²) in [5.74, 6) is 1.48. The van der Waals surface area contributed by atoms with E-state index in [1.54, 1.807) is 7.11 Å². The second-order valence-electron chi connectivity index (χ2n) is 4.35. The lowest BCUT2D eigenvalue weighted by Crippen LogP contribution is -1.97. The number of aryl methyl sites for hydroxylation is 1. The van der Waals surface area contributed by atoms with Gasteiger partial charge in [0.25, 0.3) is 0 Å². The highest BCUT2D eigenvalue weighted by atomic mass is 35.5. The van der Waals surface area contributed by atoms with Gasteiger partial charge >= 0.3 is 0 Å². The predicted molar refractivity (Wildman–Crippen MR) is 71.1 cm³/mol. The lowest BCUT2D eigenvalue weighted by atomic mass is 10.2. The Hall–Kier alpha value is -1.61. The molecule has 0 radical (unpaired) electrons. The van der Waals surface area contributed by atoms with Crippen molar-refractivity contribution in [3.63, 3.8) is 0 Å². The summed E-state index contributed by atoms with van der Waals surface area (Å²) < 4.78 is 5.21. The lowest BCUT2D eigenvalue weighted by molar-refractivity contribution is 0.415. The van der Waals surface area contributed by atoms with E-state index in [4.69, 9.17) is 16.3 Å². The zero-order valence-corrected chi connectivity index (χ0v) is 10.9. The summed E-state index contributed by atoms with van der Waals surface area (Å²) in [6.45, 7) is 0.